The van der Waals surface area contributed by atoms with Gasteiger partial charge in [-0.25, -0.2) is 0 Å². The van der Waals surface area contributed by atoms with Gasteiger partial charge >= 0.3 is 5.97 Å². The maximum Gasteiger partial charge on any atom is 0.323 e. The summed E-state index contributed by atoms with van der Waals surface area (Å²) < 4.78 is 5.28. The highest BCUT2D eigenvalue weighted by Crippen LogP contribution is 2.03. The van der Waals surface area contributed by atoms with Gasteiger partial charge in [-0.1, -0.05) is 55.1 Å². The highest BCUT2D eigenvalue weighted by Gasteiger charge is 2.17. The van der Waals surface area contributed by atoms with E-state index >= 15 is 0 Å². The zero-order valence-corrected chi connectivity index (χ0v) is 13.3. The maximum absolute atomic E-state index is 12.1. The fourth-order valence-electron chi connectivity index (χ4n) is 2.25. The van der Waals surface area contributed by atoms with Gasteiger partial charge in [0.05, 0.1) is 0 Å². The molecule has 120 valence electrons. The molecule has 4 nitrogen and oxygen atoms in total. The molecular formula is C19H22N2O2. The summed E-state index contributed by atoms with van der Waals surface area (Å²) in [6.07, 6.45) is 8.06. The predicted octanol–water partition coefficient (Wildman–Crippen LogP) is 1.39. The normalized spacial score (nSPS) is 13.4. The van der Waals surface area contributed by atoms with Gasteiger partial charge in [0, 0.05) is 23.2 Å². The fraction of sp³-hybridized carbons (Fsp3) is 0.211. The van der Waals surface area contributed by atoms with Crippen LogP contribution in [-0.4, -0.2) is 17.0 Å². The molecule has 0 bridgehead atoms. The van der Waals surface area contributed by atoms with Crippen LogP contribution in [0, 0.1) is 0 Å². The minimum atomic E-state index is -0.702. The number of esters is 1. The quantitative estimate of drug-likeness (QED) is 0.792. The third kappa shape index (κ3) is 4.69. The third-order valence-corrected chi connectivity index (χ3v) is 3.51. The molecule has 0 unspecified atom stereocenters. The van der Waals surface area contributed by atoms with Crippen LogP contribution in [0.2, 0.25) is 0 Å². The van der Waals surface area contributed by atoms with Crippen molar-refractivity contribution in [1.82, 2.24) is 4.98 Å². The Morgan fingerprint density at radius 1 is 1.39 bits per heavy atom. The fourth-order valence-corrected chi connectivity index (χ4v) is 2.25. The van der Waals surface area contributed by atoms with Crippen LogP contribution in [0.5, 0.6) is 0 Å². The molecule has 1 aromatic carbocycles. The Labute approximate surface area is 136 Å². The molecule has 3 N–H and O–H groups in total. The van der Waals surface area contributed by atoms with Gasteiger partial charge in [0.1, 0.15) is 12.6 Å². The van der Waals surface area contributed by atoms with E-state index in [1.165, 1.54) is 0 Å². The molecule has 0 saturated carbocycles. The number of hydrogen-bond acceptors (Lipinski definition) is 3. The number of allylic oxidation sites excluding steroid dienone is 2. The molecule has 23 heavy (non-hydrogen) atoms. The lowest BCUT2D eigenvalue weighted by Gasteiger charge is -2.11. The Morgan fingerprint density at radius 3 is 2.83 bits per heavy atom. The summed E-state index contributed by atoms with van der Waals surface area (Å²) >= 11 is 0. The average Bonchev–Trinajstić information content (AvgIpc) is 2.91. The average molecular weight is 310 g/mol. The largest absolute Gasteiger partial charge is 0.460 e. The number of carbonyl (C=O) groups excluding carboxylic acids is 1. The van der Waals surface area contributed by atoms with Gasteiger partial charge in [0.25, 0.3) is 0 Å². The topological polar surface area (TPSA) is 68.1 Å². The first kappa shape index (κ1) is 16.8. The SMILES string of the molecule is C=c1[nH]cc(C[C@H](N)C(=O)OCc2ccccc2)/c1=C/C=C\C. The lowest BCUT2D eigenvalue weighted by Crippen LogP contribution is -2.36. The molecule has 1 heterocycles. The minimum absolute atomic E-state index is 0.235. The van der Waals surface area contributed by atoms with Crippen molar-refractivity contribution >= 4 is 18.6 Å². The summed E-state index contributed by atoms with van der Waals surface area (Å²) in [7, 11) is 0. The van der Waals surface area contributed by atoms with Crippen LogP contribution >= 0.6 is 0 Å². The number of carbonyl (C=O) groups is 1. The number of benzene rings is 1. The van der Waals surface area contributed by atoms with Gasteiger partial charge in [-0.3, -0.25) is 4.79 Å². The van der Waals surface area contributed by atoms with Crippen molar-refractivity contribution in [2.75, 3.05) is 0 Å². The minimum Gasteiger partial charge on any atom is -0.460 e. The lowest BCUT2D eigenvalue weighted by atomic mass is 10.1. The van der Waals surface area contributed by atoms with Crippen molar-refractivity contribution < 1.29 is 9.53 Å². The Morgan fingerprint density at radius 2 is 2.13 bits per heavy atom. The molecule has 0 saturated heterocycles. The lowest BCUT2D eigenvalue weighted by molar-refractivity contribution is -0.146. The second-order valence-electron chi connectivity index (χ2n) is 5.30. The number of H-pyrrole nitrogens is 1. The van der Waals surface area contributed by atoms with E-state index < -0.39 is 12.0 Å². The molecular weight excluding hydrogens is 288 g/mol. The molecule has 0 fully saturated rings. The van der Waals surface area contributed by atoms with Gasteiger partial charge in [-0.05, 0) is 18.1 Å². The predicted molar refractivity (Wildman–Crippen MR) is 92.8 cm³/mol. The molecule has 0 amide bonds. The van der Waals surface area contributed by atoms with Crippen molar-refractivity contribution in [3.05, 3.63) is 70.4 Å². The van der Waals surface area contributed by atoms with Crippen molar-refractivity contribution in [3.63, 3.8) is 0 Å². The summed E-state index contributed by atoms with van der Waals surface area (Å²) in [4.78, 5) is 15.1. The van der Waals surface area contributed by atoms with Crippen molar-refractivity contribution in [2.24, 2.45) is 5.73 Å². The van der Waals surface area contributed by atoms with Gasteiger partial charge in [-0.15, -0.1) is 0 Å². The summed E-state index contributed by atoms with van der Waals surface area (Å²) in [6.45, 7) is 6.12. The van der Waals surface area contributed by atoms with Gasteiger partial charge < -0.3 is 15.5 Å². The Hall–Kier alpha value is -2.59. The van der Waals surface area contributed by atoms with Crippen LogP contribution in [0.15, 0.2) is 48.7 Å². The number of ether oxygens (including phenoxy) is 1. The van der Waals surface area contributed by atoms with E-state index in [4.69, 9.17) is 10.5 Å². The maximum atomic E-state index is 12.1. The first-order chi connectivity index (χ1) is 11.1. The molecule has 2 aromatic rings. The summed E-state index contributed by atoms with van der Waals surface area (Å²) in [6, 6.07) is 8.84. The molecule has 0 aliphatic carbocycles. The molecule has 0 aliphatic heterocycles. The van der Waals surface area contributed by atoms with E-state index in [0.29, 0.717) is 6.42 Å². The van der Waals surface area contributed by atoms with E-state index in [9.17, 15) is 4.79 Å². The standard InChI is InChI=1S/C19H22N2O2/c1-3-4-10-17-14(2)21-12-16(17)11-18(20)19(22)23-13-15-8-6-5-7-9-15/h3-10,12,18,21H,2,11,13,20H2,1H3/b4-3-,17-10+/t18-/m0/s1. The smallest absolute Gasteiger partial charge is 0.323 e. The summed E-state index contributed by atoms with van der Waals surface area (Å²) in [5, 5.41) is 1.78. The second-order valence-corrected chi connectivity index (χ2v) is 5.30. The molecule has 0 radical (unpaired) electrons. The number of nitrogens with one attached hydrogen (secondary N) is 1. The Kier molecular flexibility index (Phi) is 5.94. The van der Waals surface area contributed by atoms with Crippen LogP contribution in [-0.2, 0) is 22.6 Å². The Bertz CT molecular complexity index is 775. The molecule has 1 aromatic heterocycles. The second kappa shape index (κ2) is 8.15. The van der Waals surface area contributed by atoms with Crippen LogP contribution in [0.3, 0.4) is 0 Å². The van der Waals surface area contributed by atoms with Crippen LogP contribution in [0.1, 0.15) is 18.1 Å². The van der Waals surface area contributed by atoms with Gasteiger partial charge in [0.2, 0.25) is 0 Å². The van der Waals surface area contributed by atoms with Crippen LogP contribution < -0.4 is 16.3 Å². The highest BCUT2D eigenvalue weighted by molar-refractivity contribution is 5.76. The van der Waals surface area contributed by atoms with Crippen LogP contribution in [0.25, 0.3) is 12.7 Å². The van der Waals surface area contributed by atoms with Gasteiger partial charge in [0.15, 0.2) is 0 Å². The molecule has 4 heteroatoms. The monoisotopic (exact) mass is 310 g/mol. The van der Waals surface area contributed by atoms with Crippen LogP contribution in [0.4, 0.5) is 0 Å². The highest BCUT2D eigenvalue weighted by atomic mass is 16.5. The first-order valence-electron chi connectivity index (χ1n) is 7.56. The third-order valence-electron chi connectivity index (χ3n) is 3.51. The van der Waals surface area contributed by atoms with E-state index in [1.807, 2.05) is 61.7 Å². The van der Waals surface area contributed by atoms with Crippen molar-refractivity contribution in [1.29, 1.82) is 0 Å². The molecule has 0 aliphatic rings. The summed E-state index contributed by atoms with van der Waals surface area (Å²) in [5.41, 5.74) is 7.88. The number of aromatic nitrogens is 1. The van der Waals surface area contributed by atoms with E-state index in [1.54, 1.807) is 0 Å². The van der Waals surface area contributed by atoms with Crippen molar-refractivity contribution in [3.8, 4) is 0 Å². The van der Waals surface area contributed by atoms with Crippen molar-refractivity contribution in [2.45, 2.75) is 26.0 Å². The van der Waals surface area contributed by atoms with Gasteiger partial charge in [-0.2, -0.15) is 0 Å². The molecule has 0 spiro atoms. The Balaban J connectivity index is 2.00. The number of hydrogen-bond donors (Lipinski definition) is 2. The number of nitrogens with two attached hydrogens (primary N) is 1. The van der Waals surface area contributed by atoms with E-state index in [0.717, 1.165) is 21.7 Å². The molecule has 2 rings (SSSR count). The van der Waals surface area contributed by atoms with E-state index in [-0.39, 0.29) is 6.61 Å². The summed E-state index contributed by atoms with van der Waals surface area (Å²) in [5.74, 6) is -0.405. The molecule has 1 atom stereocenters. The number of rotatable bonds is 6. The zero-order valence-electron chi connectivity index (χ0n) is 13.3. The zero-order chi connectivity index (χ0) is 16.7. The van der Waals surface area contributed by atoms with E-state index in [2.05, 4.69) is 11.6 Å². The number of aromatic amines is 1. The first-order valence-corrected chi connectivity index (χ1v) is 7.56.